The number of hydrogen-bond acceptors (Lipinski definition) is 7. The smallest absolute Gasteiger partial charge is 0.233 e. The number of ether oxygens (including phenoxy) is 2. The van der Waals surface area contributed by atoms with Gasteiger partial charge in [0.1, 0.15) is 0 Å². The van der Waals surface area contributed by atoms with Gasteiger partial charge < -0.3 is 14.8 Å². The molecule has 2 saturated carbocycles. The molecule has 1 aromatic heterocycles. The van der Waals surface area contributed by atoms with Crippen molar-refractivity contribution >= 4 is 17.7 Å². The Morgan fingerprint density at radius 2 is 1.97 bits per heavy atom. The van der Waals surface area contributed by atoms with Crippen molar-refractivity contribution in [1.82, 2.24) is 25.5 Å². The van der Waals surface area contributed by atoms with Crippen LogP contribution in [0.1, 0.15) is 70.0 Å². The summed E-state index contributed by atoms with van der Waals surface area (Å²) in [5, 5.41) is 15.3. The molecule has 0 spiro atoms. The number of aromatic nitrogens is 4. The maximum atomic E-state index is 12.7. The van der Waals surface area contributed by atoms with E-state index >= 15 is 0 Å². The number of methoxy groups -OCH3 is 1. The summed E-state index contributed by atoms with van der Waals surface area (Å²) in [6.07, 6.45) is 7.09. The number of nitrogens with one attached hydrogen (secondary N) is 1. The molecule has 30 heavy (non-hydrogen) atoms. The predicted octanol–water partition coefficient (Wildman–Crippen LogP) is 3.70. The molecule has 0 radical (unpaired) electrons. The van der Waals surface area contributed by atoms with E-state index < -0.39 is 0 Å². The molecule has 1 N–H and O–H groups in total. The van der Waals surface area contributed by atoms with Crippen LogP contribution in [0.2, 0.25) is 0 Å². The van der Waals surface area contributed by atoms with Gasteiger partial charge in [0.25, 0.3) is 0 Å². The minimum Gasteiger partial charge on any atom is -0.493 e. The van der Waals surface area contributed by atoms with E-state index in [-0.39, 0.29) is 23.3 Å². The summed E-state index contributed by atoms with van der Waals surface area (Å²) in [4.78, 5) is 12.7. The normalized spacial score (nSPS) is 18.8. The van der Waals surface area contributed by atoms with Crippen LogP contribution >= 0.6 is 11.8 Å². The Kier molecular flexibility index (Phi) is 6.46. The van der Waals surface area contributed by atoms with Crippen molar-refractivity contribution in [3.05, 3.63) is 23.8 Å². The van der Waals surface area contributed by atoms with Crippen molar-refractivity contribution in [2.24, 2.45) is 0 Å². The number of tetrazole rings is 1. The van der Waals surface area contributed by atoms with E-state index in [1.54, 1.807) is 7.11 Å². The topological polar surface area (TPSA) is 91.2 Å². The number of carbonyl (C=O) groups is 1. The SMILES string of the molecule is COc1cc(C(C)NC(=O)C(C)Sc2nnnn2C2CC2)ccc1OC1CCCC1. The fraction of sp³-hybridized carbons (Fsp3) is 0.619. The number of benzene rings is 1. The van der Waals surface area contributed by atoms with Crippen LogP contribution in [0.4, 0.5) is 0 Å². The lowest BCUT2D eigenvalue weighted by atomic mass is 10.1. The van der Waals surface area contributed by atoms with Gasteiger partial charge in [-0.05, 0) is 80.5 Å². The van der Waals surface area contributed by atoms with Crippen LogP contribution in [0.5, 0.6) is 11.5 Å². The maximum Gasteiger partial charge on any atom is 0.233 e. The summed E-state index contributed by atoms with van der Waals surface area (Å²) in [6, 6.07) is 6.10. The second kappa shape index (κ2) is 9.24. The number of amides is 1. The molecular weight excluding hydrogens is 402 g/mol. The monoisotopic (exact) mass is 431 g/mol. The number of hydrogen-bond donors (Lipinski definition) is 1. The van der Waals surface area contributed by atoms with E-state index in [4.69, 9.17) is 9.47 Å². The van der Waals surface area contributed by atoms with Gasteiger partial charge in [0, 0.05) is 0 Å². The van der Waals surface area contributed by atoms with Gasteiger partial charge in [0.2, 0.25) is 11.1 Å². The van der Waals surface area contributed by atoms with E-state index in [0.29, 0.717) is 16.9 Å². The molecule has 0 bridgehead atoms. The molecule has 2 fully saturated rings. The summed E-state index contributed by atoms with van der Waals surface area (Å²) in [7, 11) is 1.65. The first-order chi connectivity index (χ1) is 14.5. The van der Waals surface area contributed by atoms with Crippen LogP contribution in [-0.4, -0.2) is 44.6 Å². The maximum absolute atomic E-state index is 12.7. The molecule has 4 rings (SSSR count). The highest BCUT2D eigenvalue weighted by atomic mass is 32.2. The van der Waals surface area contributed by atoms with E-state index in [2.05, 4.69) is 20.8 Å². The fourth-order valence-corrected chi connectivity index (χ4v) is 4.54. The van der Waals surface area contributed by atoms with Gasteiger partial charge in [-0.3, -0.25) is 4.79 Å². The summed E-state index contributed by atoms with van der Waals surface area (Å²) in [5.74, 6) is 1.41. The largest absolute Gasteiger partial charge is 0.493 e. The lowest BCUT2D eigenvalue weighted by Gasteiger charge is -2.20. The quantitative estimate of drug-likeness (QED) is 0.605. The van der Waals surface area contributed by atoms with Crippen LogP contribution < -0.4 is 14.8 Å². The van der Waals surface area contributed by atoms with E-state index in [0.717, 1.165) is 37.0 Å². The van der Waals surface area contributed by atoms with Crippen molar-refractivity contribution in [1.29, 1.82) is 0 Å². The Morgan fingerprint density at radius 3 is 2.67 bits per heavy atom. The number of rotatable bonds is 9. The first-order valence-electron chi connectivity index (χ1n) is 10.6. The molecule has 1 aromatic carbocycles. The zero-order chi connectivity index (χ0) is 21.1. The lowest BCUT2D eigenvalue weighted by molar-refractivity contribution is -0.120. The average Bonchev–Trinajstić information content (AvgIpc) is 3.25. The average molecular weight is 432 g/mol. The van der Waals surface area contributed by atoms with E-state index in [1.165, 1.54) is 24.6 Å². The van der Waals surface area contributed by atoms with Crippen molar-refractivity contribution in [2.75, 3.05) is 7.11 Å². The molecule has 8 nitrogen and oxygen atoms in total. The lowest BCUT2D eigenvalue weighted by Crippen LogP contribution is -2.33. The number of thioether (sulfide) groups is 1. The molecule has 2 aromatic rings. The Labute approximate surface area is 181 Å². The second-order valence-corrected chi connectivity index (χ2v) is 9.37. The highest BCUT2D eigenvalue weighted by molar-refractivity contribution is 8.00. The molecule has 1 amide bonds. The Morgan fingerprint density at radius 1 is 1.20 bits per heavy atom. The van der Waals surface area contributed by atoms with Gasteiger partial charge in [-0.2, -0.15) is 0 Å². The predicted molar refractivity (Wildman–Crippen MR) is 114 cm³/mol. The Bertz CT molecular complexity index is 879. The molecule has 0 aliphatic heterocycles. The molecule has 1 heterocycles. The third-order valence-corrected chi connectivity index (χ3v) is 6.70. The standard InChI is InChI=1S/C21H29N5O3S/c1-13(15-8-11-18(19(12-15)28-3)29-17-6-4-5-7-17)22-20(27)14(2)30-21-23-24-25-26(21)16-9-10-16/h8,11-14,16-17H,4-7,9-10H2,1-3H3,(H,22,27). The van der Waals surface area contributed by atoms with E-state index in [9.17, 15) is 4.79 Å². The van der Waals surface area contributed by atoms with Gasteiger partial charge in [0.05, 0.1) is 30.5 Å². The van der Waals surface area contributed by atoms with Crippen molar-refractivity contribution in [3.63, 3.8) is 0 Å². The zero-order valence-electron chi connectivity index (χ0n) is 17.7. The molecule has 162 valence electrons. The zero-order valence-corrected chi connectivity index (χ0v) is 18.5. The molecular formula is C21H29N5O3S. The molecule has 2 aliphatic carbocycles. The highest BCUT2D eigenvalue weighted by Gasteiger charge is 2.29. The van der Waals surface area contributed by atoms with Gasteiger partial charge in [-0.1, -0.05) is 17.8 Å². The van der Waals surface area contributed by atoms with Crippen LogP contribution in [0, 0.1) is 0 Å². The first kappa shape index (κ1) is 21.0. The van der Waals surface area contributed by atoms with Gasteiger partial charge in [-0.25, -0.2) is 4.68 Å². The highest BCUT2D eigenvalue weighted by Crippen LogP contribution is 2.37. The van der Waals surface area contributed by atoms with Crippen LogP contribution in [0.15, 0.2) is 23.4 Å². The Balaban J connectivity index is 1.36. The summed E-state index contributed by atoms with van der Waals surface area (Å²) < 4.78 is 13.5. The summed E-state index contributed by atoms with van der Waals surface area (Å²) in [5.41, 5.74) is 0.971. The Hall–Kier alpha value is -2.29. The summed E-state index contributed by atoms with van der Waals surface area (Å²) >= 11 is 1.39. The van der Waals surface area contributed by atoms with Gasteiger partial charge >= 0.3 is 0 Å². The van der Waals surface area contributed by atoms with E-state index in [1.807, 2.05) is 36.7 Å². The number of nitrogens with zero attached hydrogens (tertiary/aromatic N) is 4. The molecule has 0 saturated heterocycles. The van der Waals surface area contributed by atoms with Gasteiger partial charge in [-0.15, -0.1) is 5.10 Å². The molecule has 2 aliphatic rings. The van der Waals surface area contributed by atoms with Crippen molar-refractivity contribution < 1.29 is 14.3 Å². The van der Waals surface area contributed by atoms with Crippen molar-refractivity contribution in [3.8, 4) is 11.5 Å². The molecule has 2 unspecified atom stereocenters. The second-order valence-electron chi connectivity index (χ2n) is 8.06. The third kappa shape index (κ3) is 4.88. The fourth-order valence-electron chi connectivity index (χ4n) is 3.67. The van der Waals surface area contributed by atoms with Crippen molar-refractivity contribution in [2.45, 2.75) is 81.0 Å². The minimum absolute atomic E-state index is 0.0527. The minimum atomic E-state index is -0.303. The summed E-state index contributed by atoms with van der Waals surface area (Å²) in [6.45, 7) is 3.84. The molecule has 9 heteroatoms. The van der Waals surface area contributed by atoms with Gasteiger partial charge in [0.15, 0.2) is 11.5 Å². The third-order valence-electron chi connectivity index (χ3n) is 5.65. The van der Waals surface area contributed by atoms with Crippen LogP contribution in [-0.2, 0) is 4.79 Å². The van der Waals surface area contributed by atoms with Crippen LogP contribution in [0.3, 0.4) is 0 Å². The number of carbonyl (C=O) groups excluding carboxylic acids is 1. The first-order valence-corrected chi connectivity index (χ1v) is 11.5. The molecule has 2 atom stereocenters. The van der Waals surface area contributed by atoms with Crippen LogP contribution in [0.25, 0.3) is 0 Å².